The van der Waals surface area contributed by atoms with E-state index in [-0.39, 0.29) is 24.3 Å². The molecule has 3 aromatic carbocycles. The Kier molecular flexibility index (Phi) is 7.22. The van der Waals surface area contributed by atoms with Crippen LogP contribution in [-0.2, 0) is 4.79 Å². The maximum Gasteiger partial charge on any atom is 0.257 e. The second kappa shape index (κ2) is 10.7. The van der Waals surface area contributed by atoms with Crippen LogP contribution in [0.5, 0.6) is 0 Å². The van der Waals surface area contributed by atoms with Crippen LogP contribution >= 0.6 is 0 Å². The van der Waals surface area contributed by atoms with Crippen molar-refractivity contribution < 1.29 is 14.4 Å². The van der Waals surface area contributed by atoms with Crippen molar-refractivity contribution in [3.8, 4) is 0 Å². The molecule has 174 valence electrons. The van der Waals surface area contributed by atoms with Gasteiger partial charge in [0.1, 0.15) is 0 Å². The van der Waals surface area contributed by atoms with Crippen molar-refractivity contribution in [3.05, 3.63) is 89.5 Å². The lowest BCUT2D eigenvalue weighted by Crippen LogP contribution is -2.27. The van der Waals surface area contributed by atoms with Crippen molar-refractivity contribution in [3.63, 3.8) is 0 Å². The zero-order valence-electron chi connectivity index (χ0n) is 19.1. The molecule has 3 aromatic rings. The minimum Gasteiger partial charge on any atom is -0.376 e. The Bertz CT molecular complexity index is 1190. The summed E-state index contributed by atoms with van der Waals surface area (Å²) in [6, 6.07) is 21.5. The van der Waals surface area contributed by atoms with Crippen molar-refractivity contribution in [2.75, 3.05) is 35.6 Å². The number of benzene rings is 3. The number of amides is 3. The Morgan fingerprint density at radius 3 is 2.26 bits per heavy atom. The first-order valence-corrected chi connectivity index (χ1v) is 11.4. The summed E-state index contributed by atoms with van der Waals surface area (Å²) in [5.74, 6) is -0.531. The molecule has 1 aliphatic rings. The largest absolute Gasteiger partial charge is 0.376 e. The van der Waals surface area contributed by atoms with Crippen LogP contribution in [0.4, 0.5) is 17.1 Å². The fraction of sp³-hybridized carbons (Fsp3) is 0.222. The van der Waals surface area contributed by atoms with Gasteiger partial charge in [-0.2, -0.15) is 0 Å². The van der Waals surface area contributed by atoms with E-state index in [1.54, 1.807) is 42.5 Å². The number of likely N-dealkylation sites (tertiary alicyclic amines) is 1. The molecule has 1 fully saturated rings. The lowest BCUT2D eigenvalue weighted by molar-refractivity contribution is -0.114. The summed E-state index contributed by atoms with van der Waals surface area (Å²) >= 11 is 0. The average molecular weight is 457 g/mol. The topological polar surface area (TPSA) is 90.5 Å². The maximum atomic E-state index is 12.7. The Labute approximate surface area is 199 Å². The lowest BCUT2D eigenvalue weighted by atomic mass is 10.1. The van der Waals surface area contributed by atoms with Crippen molar-refractivity contribution >= 4 is 34.8 Å². The number of anilines is 3. The number of hydrogen-bond acceptors (Lipinski definition) is 4. The molecule has 0 atom stereocenters. The Morgan fingerprint density at radius 1 is 0.824 bits per heavy atom. The molecule has 3 amide bonds. The summed E-state index contributed by atoms with van der Waals surface area (Å²) in [7, 11) is 0. The average Bonchev–Trinajstić information content (AvgIpc) is 3.39. The van der Waals surface area contributed by atoms with Gasteiger partial charge >= 0.3 is 0 Å². The highest BCUT2D eigenvalue weighted by molar-refractivity contribution is 6.10. The number of hydrogen-bond donors (Lipinski definition) is 3. The molecule has 0 saturated carbocycles. The molecule has 0 bridgehead atoms. The van der Waals surface area contributed by atoms with Crippen molar-refractivity contribution in [1.82, 2.24) is 4.90 Å². The van der Waals surface area contributed by atoms with Crippen LogP contribution in [0.1, 0.15) is 39.1 Å². The van der Waals surface area contributed by atoms with E-state index in [1.165, 1.54) is 0 Å². The summed E-state index contributed by atoms with van der Waals surface area (Å²) in [6.45, 7) is 3.55. The molecule has 34 heavy (non-hydrogen) atoms. The van der Waals surface area contributed by atoms with Crippen molar-refractivity contribution in [1.29, 1.82) is 0 Å². The SMILES string of the molecule is Cc1cc(C(=O)N2CCCC2)ccc1NCC(=O)Nc1ccccc1C(=O)Nc1ccccc1. The van der Waals surface area contributed by atoms with Gasteiger partial charge in [0.15, 0.2) is 0 Å². The van der Waals surface area contributed by atoms with Crippen LogP contribution < -0.4 is 16.0 Å². The van der Waals surface area contributed by atoms with E-state index in [1.807, 2.05) is 42.2 Å². The number of nitrogens with one attached hydrogen (secondary N) is 3. The highest BCUT2D eigenvalue weighted by Crippen LogP contribution is 2.20. The second-order valence-electron chi connectivity index (χ2n) is 8.30. The smallest absolute Gasteiger partial charge is 0.257 e. The van der Waals surface area contributed by atoms with Gasteiger partial charge in [-0.3, -0.25) is 14.4 Å². The molecule has 1 aliphatic heterocycles. The molecule has 0 unspecified atom stereocenters. The number of nitrogens with zero attached hydrogens (tertiary/aromatic N) is 1. The van der Waals surface area contributed by atoms with E-state index in [0.29, 0.717) is 22.5 Å². The first-order valence-electron chi connectivity index (χ1n) is 11.4. The van der Waals surface area contributed by atoms with Crippen LogP contribution in [0.2, 0.25) is 0 Å². The summed E-state index contributed by atoms with van der Waals surface area (Å²) in [5, 5.41) is 8.77. The monoisotopic (exact) mass is 456 g/mol. The zero-order chi connectivity index (χ0) is 23.9. The Hall–Kier alpha value is -4.13. The van der Waals surface area contributed by atoms with E-state index in [0.717, 1.165) is 37.2 Å². The number of para-hydroxylation sites is 2. The molecule has 4 rings (SSSR count). The molecular formula is C27H28N4O3. The van der Waals surface area contributed by atoms with E-state index >= 15 is 0 Å². The highest BCUT2D eigenvalue weighted by Gasteiger charge is 2.20. The van der Waals surface area contributed by atoms with Gasteiger partial charge in [0, 0.05) is 30.0 Å². The number of carbonyl (C=O) groups excluding carboxylic acids is 3. The normalized spacial score (nSPS) is 12.8. The first kappa shape index (κ1) is 23.0. The van der Waals surface area contributed by atoms with E-state index in [9.17, 15) is 14.4 Å². The van der Waals surface area contributed by atoms with Crippen molar-refractivity contribution in [2.45, 2.75) is 19.8 Å². The summed E-state index contributed by atoms with van der Waals surface area (Å²) in [6.07, 6.45) is 2.10. The fourth-order valence-corrected chi connectivity index (χ4v) is 3.98. The third-order valence-electron chi connectivity index (χ3n) is 5.78. The van der Waals surface area contributed by atoms with Gasteiger partial charge in [-0.15, -0.1) is 0 Å². The van der Waals surface area contributed by atoms with Crippen LogP contribution in [0.15, 0.2) is 72.8 Å². The summed E-state index contributed by atoms with van der Waals surface area (Å²) < 4.78 is 0. The molecule has 1 heterocycles. The fourth-order valence-electron chi connectivity index (χ4n) is 3.98. The van der Waals surface area contributed by atoms with Gasteiger partial charge in [0.05, 0.1) is 17.8 Å². The van der Waals surface area contributed by atoms with Gasteiger partial charge in [0.25, 0.3) is 11.8 Å². The Balaban J connectivity index is 1.36. The number of rotatable bonds is 7. The molecule has 7 nitrogen and oxygen atoms in total. The van der Waals surface area contributed by atoms with Gasteiger partial charge in [-0.05, 0) is 67.8 Å². The van der Waals surface area contributed by atoms with Crippen molar-refractivity contribution in [2.24, 2.45) is 0 Å². The minimum absolute atomic E-state index is 0.0227. The molecule has 7 heteroatoms. The van der Waals surface area contributed by atoms with Crippen LogP contribution in [0, 0.1) is 6.92 Å². The van der Waals surface area contributed by atoms with Gasteiger partial charge in [0.2, 0.25) is 5.91 Å². The quantitative estimate of drug-likeness (QED) is 0.487. The second-order valence-corrected chi connectivity index (χ2v) is 8.30. The van der Waals surface area contributed by atoms with Crippen LogP contribution in [0.25, 0.3) is 0 Å². The molecule has 0 spiro atoms. The molecule has 3 N–H and O–H groups in total. The lowest BCUT2D eigenvalue weighted by Gasteiger charge is -2.17. The predicted molar refractivity (Wildman–Crippen MR) is 134 cm³/mol. The molecular weight excluding hydrogens is 428 g/mol. The predicted octanol–water partition coefficient (Wildman–Crippen LogP) is 4.53. The molecule has 1 saturated heterocycles. The van der Waals surface area contributed by atoms with Gasteiger partial charge in [-0.1, -0.05) is 30.3 Å². The minimum atomic E-state index is -0.302. The van der Waals surface area contributed by atoms with Gasteiger partial charge in [-0.25, -0.2) is 0 Å². The van der Waals surface area contributed by atoms with E-state index in [4.69, 9.17) is 0 Å². The van der Waals surface area contributed by atoms with Crippen LogP contribution in [-0.4, -0.2) is 42.3 Å². The molecule has 0 aromatic heterocycles. The first-order chi connectivity index (χ1) is 16.5. The summed E-state index contributed by atoms with van der Waals surface area (Å²) in [5.41, 5.74) is 3.82. The van der Waals surface area contributed by atoms with E-state index < -0.39 is 0 Å². The highest BCUT2D eigenvalue weighted by atomic mass is 16.2. The third-order valence-corrected chi connectivity index (χ3v) is 5.78. The van der Waals surface area contributed by atoms with Gasteiger partial charge < -0.3 is 20.9 Å². The van der Waals surface area contributed by atoms with E-state index in [2.05, 4.69) is 16.0 Å². The Morgan fingerprint density at radius 2 is 1.53 bits per heavy atom. The standard InChI is InChI=1S/C27H28N4O3/c1-19-17-20(27(34)31-15-7-8-16-31)13-14-23(19)28-18-25(32)30-24-12-6-5-11-22(24)26(33)29-21-9-3-2-4-10-21/h2-6,9-14,17,28H,7-8,15-16,18H2,1H3,(H,29,33)(H,30,32). The van der Waals surface area contributed by atoms with Crippen LogP contribution in [0.3, 0.4) is 0 Å². The summed E-state index contributed by atoms with van der Waals surface area (Å²) in [4.78, 5) is 39.8. The third kappa shape index (κ3) is 5.61. The molecule has 0 aliphatic carbocycles. The maximum absolute atomic E-state index is 12.7. The molecule has 0 radical (unpaired) electrons. The zero-order valence-corrected chi connectivity index (χ0v) is 19.1. The number of carbonyl (C=O) groups is 3. The number of aryl methyl sites for hydroxylation is 1.